The van der Waals surface area contributed by atoms with Gasteiger partial charge in [0.1, 0.15) is 11.6 Å². The van der Waals surface area contributed by atoms with Gasteiger partial charge >= 0.3 is 0 Å². The summed E-state index contributed by atoms with van der Waals surface area (Å²) in [6.45, 7) is 21.1. The van der Waals surface area contributed by atoms with Crippen molar-refractivity contribution in [3.63, 3.8) is 0 Å². The first kappa shape index (κ1) is 22.2. The van der Waals surface area contributed by atoms with E-state index in [0.29, 0.717) is 22.5 Å². The molecule has 3 rings (SSSR count). The Morgan fingerprint density at radius 2 is 1.62 bits per heavy atom. The van der Waals surface area contributed by atoms with E-state index < -0.39 is 8.07 Å². The molecule has 0 amide bonds. The molecule has 0 bridgehead atoms. The van der Waals surface area contributed by atoms with Gasteiger partial charge in [-0.2, -0.15) is 0 Å². The largest absolute Gasteiger partial charge is 0.449 e. The molecular formula is C23H38N4OSi. The normalized spacial score (nSPS) is 15.7. The first-order chi connectivity index (χ1) is 13.7. The van der Waals surface area contributed by atoms with E-state index in [-0.39, 0.29) is 0 Å². The van der Waals surface area contributed by atoms with Crippen molar-refractivity contribution >= 4 is 13.6 Å². The first-order valence-corrected chi connectivity index (χ1v) is 13.4. The van der Waals surface area contributed by atoms with Crippen molar-refractivity contribution < 1.29 is 4.42 Å². The quantitative estimate of drug-likeness (QED) is 0.595. The molecule has 0 fully saturated rings. The lowest BCUT2D eigenvalue weighted by Crippen LogP contribution is -2.56. The second-order valence-electron chi connectivity index (χ2n) is 9.84. The number of oxazole rings is 1. The zero-order chi connectivity index (χ0) is 21.3. The standard InChI is InChI=1S/C23H38N4OSi/c1-15(2)22-24-11-19-13-27(10-9-21(19)26-22)14-20-12-25-23(28-20)29(16(3)4,17(5)6)18(7)8/h11-12,15-18H,9-10,13-14H2,1-8H3. The molecular weight excluding hydrogens is 376 g/mol. The summed E-state index contributed by atoms with van der Waals surface area (Å²) in [7, 11) is -1.84. The predicted octanol–water partition coefficient (Wildman–Crippen LogP) is 5.03. The van der Waals surface area contributed by atoms with Gasteiger partial charge in [-0.25, -0.2) is 15.0 Å². The molecule has 0 saturated heterocycles. The van der Waals surface area contributed by atoms with Crippen LogP contribution in [0.5, 0.6) is 0 Å². The van der Waals surface area contributed by atoms with Crippen molar-refractivity contribution in [2.75, 3.05) is 6.54 Å². The lowest BCUT2D eigenvalue weighted by Gasteiger charge is -2.39. The maximum atomic E-state index is 6.45. The minimum atomic E-state index is -1.84. The molecule has 5 nitrogen and oxygen atoms in total. The van der Waals surface area contributed by atoms with Gasteiger partial charge < -0.3 is 4.42 Å². The maximum absolute atomic E-state index is 6.45. The Kier molecular flexibility index (Phi) is 6.63. The van der Waals surface area contributed by atoms with Gasteiger partial charge in [-0.3, -0.25) is 4.90 Å². The number of hydrogen-bond acceptors (Lipinski definition) is 5. The molecule has 0 saturated carbocycles. The van der Waals surface area contributed by atoms with Gasteiger partial charge in [0.2, 0.25) is 0 Å². The SMILES string of the molecule is CC(C)c1ncc2c(n1)CCN(Cc1cnc([Si](C(C)C)(C(C)C)C(C)C)o1)C2. The highest BCUT2D eigenvalue weighted by Crippen LogP contribution is 2.40. The molecule has 1 aliphatic heterocycles. The molecule has 0 unspecified atom stereocenters. The molecule has 2 aromatic heterocycles. The molecule has 2 aromatic rings. The molecule has 0 aliphatic carbocycles. The van der Waals surface area contributed by atoms with E-state index in [1.807, 2.05) is 12.4 Å². The molecule has 3 heterocycles. The average molecular weight is 415 g/mol. The third-order valence-corrected chi connectivity index (χ3v) is 13.4. The molecule has 0 spiro atoms. The van der Waals surface area contributed by atoms with Crippen molar-refractivity contribution in [3.8, 4) is 0 Å². The van der Waals surface area contributed by atoms with Crippen molar-refractivity contribution in [3.05, 3.63) is 35.2 Å². The van der Waals surface area contributed by atoms with Crippen LogP contribution in [0, 0.1) is 0 Å². The van der Waals surface area contributed by atoms with E-state index in [1.165, 1.54) is 11.3 Å². The van der Waals surface area contributed by atoms with Crippen molar-refractivity contribution in [2.24, 2.45) is 0 Å². The minimum Gasteiger partial charge on any atom is -0.449 e. The van der Waals surface area contributed by atoms with Crippen LogP contribution in [0.3, 0.4) is 0 Å². The van der Waals surface area contributed by atoms with E-state index in [2.05, 4.69) is 65.3 Å². The van der Waals surface area contributed by atoms with Gasteiger partial charge in [-0.1, -0.05) is 55.4 Å². The summed E-state index contributed by atoms with van der Waals surface area (Å²) in [6.07, 6.45) is 4.96. The topological polar surface area (TPSA) is 55.1 Å². The van der Waals surface area contributed by atoms with Crippen molar-refractivity contribution in [2.45, 2.75) is 97.4 Å². The fourth-order valence-corrected chi connectivity index (χ4v) is 11.4. The van der Waals surface area contributed by atoms with Crippen LogP contribution in [0.15, 0.2) is 16.8 Å². The Balaban J connectivity index is 1.77. The van der Waals surface area contributed by atoms with E-state index in [4.69, 9.17) is 14.4 Å². The summed E-state index contributed by atoms with van der Waals surface area (Å²) in [5.41, 5.74) is 5.30. The monoisotopic (exact) mass is 414 g/mol. The molecule has 1 aliphatic rings. The van der Waals surface area contributed by atoms with Gasteiger partial charge in [-0.05, 0) is 16.6 Å². The Morgan fingerprint density at radius 1 is 0.966 bits per heavy atom. The summed E-state index contributed by atoms with van der Waals surface area (Å²) >= 11 is 0. The van der Waals surface area contributed by atoms with Gasteiger partial charge in [-0.15, -0.1) is 0 Å². The molecule has 29 heavy (non-hydrogen) atoms. The third kappa shape index (κ3) is 4.19. The lowest BCUT2D eigenvalue weighted by molar-refractivity contribution is 0.224. The van der Waals surface area contributed by atoms with Crippen LogP contribution in [0.25, 0.3) is 0 Å². The molecule has 0 atom stereocenters. The Hall–Kier alpha value is -1.53. The fraction of sp³-hybridized carbons (Fsp3) is 0.696. The highest BCUT2D eigenvalue weighted by molar-refractivity contribution is 6.93. The summed E-state index contributed by atoms with van der Waals surface area (Å²) < 4.78 is 6.45. The third-order valence-electron chi connectivity index (χ3n) is 6.72. The van der Waals surface area contributed by atoms with E-state index >= 15 is 0 Å². The summed E-state index contributed by atoms with van der Waals surface area (Å²) in [6, 6.07) is 0. The highest BCUT2D eigenvalue weighted by atomic mass is 28.3. The summed E-state index contributed by atoms with van der Waals surface area (Å²) in [5.74, 6) is 2.31. The number of nitrogens with zero attached hydrogens (tertiary/aromatic N) is 4. The molecule has 0 aromatic carbocycles. The molecule has 0 N–H and O–H groups in total. The van der Waals surface area contributed by atoms with Crippen LogP contribution in [-0.2, 0) is 19.5 Å². The Labute approximate surface area is 177 Å². The van der Waals surface area contributed by atoms with Gasteiger partial charge in [0.15, 0.2) is 13.6 Å². The zero-order valence-electron chi connectivity index (χ0n) is 19.5. The number of hydrogen-bond donors (Lipinski definition) is 0. The highest BCUT2D eigenvalue weighted by Gasteiger charge is 2.48. The van der Waals surface area contributed by atoms with Crippen LogP contribution in [0.1, 0.15) is 84.1 Å². The lowest BCUT2D eigenvalue weighted by atomic mass is 10.1. The zero-order valence-corrected chi connectivity index (χ0v) is 20.5. The van der Waals surface area contributed by atoms with E-state index in [0.717, 1.165) is 43.2 Å². The maximum Gasteiger partial charge on any atom is 0.167 e. The molecule has 160 valence electrons. The second kappa shape index (κ2) is 8.68. The van der Waals surface area contributed by atoms with Crippen molar-refractivity contribution in [1.82, 2.24) is 19.9 Å². The van der Waals surface area contributed by atoms with Crippen LogP contribution < -0.4 is 5.51 Å². The van der Waals surface area contributed by atoms with Gasteiger partial charge in [0.25, 0.3) is 0 Å². The number of rotatable bonds is 7. The molecule has 6 heteroatoms. The van der Waals surface area contributed by atoms with Crippen LogP contribution in [-0.4, -0.2) is 34.5 Å². The minimum absolute atomic E-state index is 0.373. The summed E-state index contributed by atoms with van der Waals surface area (Å²) in [5, 5.41) is 0. The Morgan fingerprint density at radius 3 is 2.21 bits per heavy atom. The van der Waals surface area contributed by atoms with E-state index in [9.17, 15) is 0 Å². The number of aromatic nitrogens is 3. The average Bonchev–Trinajstić information content (AvgIpc) is 3.09. The predicted molar refractivity (Wildman–Crippen MR) is 121 cm³/mol. The van der Waals surface area contributed by atoms with Crippen LogP contribution in [0.4, 0.5) is 0 Å². The number of fused-ring (bicyclic) bond motifs is 1. The van der Waals surface area contributed by atoms with Gasteiger partial charge in [0.05, 0.1) is 12.7 Å². The van der Waals surface area contributed by atoms with Crippen molar-refractivity contribution in [1.29, 1.82) is 0 Å². The second-order valence-corrected chi connectivity index (χ2v) is 15.6. The summed E-state index contributed by atoms with van der Waals surface area (Å²) in [4.78, 5) is 16.6. The first-order valence-electron chi connectivity index (χ1n) is 11.2. The van der Waals surface area contributed by atoms with E-state index in [1.54, 1.807) is 0 Å². The smallest absolute Gasteiger partial charge is 0.167 e. The molecule has 0 radical (unpaired) electrons. The Bertz CT molecular complexity index is 806. The van der Waals surface area contributed by atoms with Crippen LogP contribution >= 0.6 is 0 Å². The van der Waals surface area contributed by atoms with Crippen LogP contribution in [0.2, 0.25) is 16.6 Å². The van der Waals surface area contributed by atoms with Gasteiger partial charge in [0, 0.05) is 42.9 Å². The fourth-order valence-electron chi connectivity index (χ4n) is 5.35.